The van der Waals surface area contributed by atoms with E-state index in [0.29, 0.717) is 10.0 Å². The SMILES string of the molecule is COc1ccc([N+](=O)[O-])c(NCc2cc(F)ccc2Br)n1. The van der Waals surface area contributed by atoms with Crippen LogP contribution in [0.15, 0.2) is 34.8 Å². The van der Waals surface area contributed by atoms with Crippen molar-refractivity contribution < 1.29 is 14.1 Å². The molecular formula is C13H11BrFN3O3. The molecule has 0 unspecified atom stereocenters. The van der Waals surface area contributed by atoms with Gasteiger partial charge >= 0.3 is 5.69 Å². The number of hydrogen-bond acceptors (Lipinski definition) is 5. The first-order valence-corrected chi connectivity index (χ1v) is 6.68. The fourth-order valence-corrected chi connectivity index (χ4v) is 2.07. The highest BCUT2D eigenvalue weighted by Crippen LogP contribution is 2.26. The van der Waals surface area contributed by atoms with Crippen LogP contribution in [0, 0.1) is 15.9 Å². The second kappa shape index (κ2) is 6.49. The zero-order chi connectivity index (χ0) is 15.4. The summed E-state index contributed by atoms with van der Waals surface area (Å²) in [5.41, 5.74) is 0.442. The molecule has 0 saturated carbocycles. The fourth-order valence-electron chi connectivity index (χ4n) is 1.68. The Kier molecular flexibility index (Phi) is 4.69. The highest BCUT2D eigenvalue weighted by molar-refractivity contribution is 9.10. The Morgan fingerprint density at radius 1 is 1.43 bits per heavy atom. The molecule has 0 spiro atoms. The number of benzene rings is 1. The van der Waals surface area contributed by atoms with E-state index in [1.165, 1.54) is 31.4 Å². The first kappa shape index (κ1) is 15.2. The van der Waals surface area contributed by atoms with E-state index in [2.05, 4.69) is 26.2 Å². The van der Waals surface area contributed by atoms with E-state index in [-0.39, 0.29) is 29.7 Å². The molecule has 0 bridgehead atoms. The third kappa shape index (κ3) is 3.66. The molecule has 0 saturated heterocycles. The number of ether oxygens (including phenoxy) is 1. The zero-order valence-electron chi connectivity index (χ0n) is 11.0. The number of rotatable bonds is 5. The Labute approximate surface area is 128 Å². The molecule has 1 aromatic heterocycles. The van der Waals surface area contributed by atoms with Crippen LogP contribution in [0.3, 0.4) is 0 Å². The standard InChI is InChI=1S/C13H11BrFN3O3/c1-21-12-5-4-11(18(19)20)13(17-12)16-7-8-6-9(15)2-3-10(8)14/h2-6H,7H2,1H3,(H,16,17). The summed E-state index contributed by atoms with van der Waals surface area (Å²) in [6.45, 7) is 0.180. The Bertz CT molecular complexity index is 682. The van der Waals surface area contributed by atoms with Crippen molar-refractivity contribution in [3.05, 3.63) is 56.3 Å². The highest BCUT2D eigenvalue weighted by atomic mass is 79.9. The topological polar surface area (TPSA) is 77.3 Å². The molecule has 6 nitrogen and oxygen atoms in total. The van der Waals surface area contributed by atoms with E-state index in [1.54, 1.807) is 6.07 Å². The monoisotopic (exact) mass is 355 g/mol. The van der Waals surface area contributed by atoms with Gasteiger partial charge in [-0.1, -0.05) is 15.9 Å². The fraction of sp³-hybridized carbons (Fsp3) is 0.154. The van der Waals surface area contributed by atoms with Gasteiger partial charge in [0.15, 0.2) is 0 Å². The van der Waals surface area contributed by atoms with Crippen molar-refractivity contribution in [2.24, 2.45) is 0 Å². The van der Waals surface area contributed by atoms with Gasteiger partial charge in [-0.2, -0.15) is 4.98 Å². The Morgan fingerprint density at radius 3 is 2.86 bits per heavy atom. The molecule has 2 aromatic rings. The number of aromatic nitrogens is 1. The summed E-state index contributed by atoms with van der Waals surface area (Å²) in [5.74, 6) is -0.0694. The number of hydrogen-bond donors (Lipinski definition) is 1. The lowest BCUT2D eigenvalue weighted by Gasteiger charge is -2.09. The van der Waals surface area contributed by atoms with Crippen LogP contribution >= 0.6 is 15.9 Å². The zero-order valence-corrected chi connectivity index (χ0v) is 12.6. The molecule has 0 amide bonds. The van der Waals surface area contributed by atoms with Crippen LogP contribution in [0.5, 0.6) is 5.88 Å². The average Bonchev–Trinajstić information content (AvgIpc) is 2.47. The number of nitro groups is 1. The van der Waals surface area contributed by atoms with Crippen molar-refractivity contribution in [3.8, 4) is 5.88 Å². The normalized spacial score (nSPS) is 10.2. The van der Waals surface area contributed by atoms with Gasteiger partial charge in [-0.25, -0.2) is 4.39 Å². The van der Waals surface area contributed by atoms with Gasteiger partial charge in [-0.3, -0.25) is 10.1 Å². The minimum absolute atomic E-state index is 0.0653. The maximum Gasteiger partial charge on any atom is 0.311 e. The molecule has 0 atom stereocenters. The first-order chi connectivity index (χ1) is 10.0. The molecule has 1 heterocycles. The summed E-state index contributed by atoms with van der Waals surface area (Å²) < 4.78 is 18.8. The summed E-state index contributed by atoms with van der Waals surface area (Å²) in [7, 11) is 1.42. The van der Waals surface area contributed by atoms with Gasteiger partial charge in [-0.05, 0) is 23.8 Å². The average molecular weight is 356 g/mol. The van der Waals surface area contributed by atoms with Crippen LogP contribution in [0.2, 0.25) is 0 Å². The van der Waals surface area contributed by atoms with Crippen molar-refractivity contribution in [2.75, 3.05) is 12.4 Å². The molecule has 2 rings (SSSR count). The lowest BCUT2D eigenvalue weighted by molar-refractivity contribution is -0.384. The van der Waals surface area contributed by atoms with E-state index in [1.807, 2.05) is 0 Å². The Hall–Kier alpha value is -2.22. The summed E-state index contributed by atoms with van der Waals surface area (Å²) >= 11 is 3.29. The highest BCUT2D eigenvalue weighted by Gasteiger charge is 2.16. The van der Waals surface area contributed by atoms with E-state index in [9.17, 15) is 14.5 Å². The minimum Gasteiger partial charge on any atom is -0.481 e. The van der Waals surface area contributed by atoms with Gasteiger partial charge in [0.25, 0.3) is 0 Å². The molecule has 0 aliphatic rings. The summed E-state index contributed by atoms with van der Waals surface area (Å²) in [6.07, 6.45) is 0. The van der Waals surface area contributed by atoms with Crippen molar-refractivity contribution in [3.63, 3.8) is 0 Å². The van der Waals surface area contributed by atoms with Crippen LogP contribution in [-0.2, 0) is 6.54 Å². The van der Waals surface area contributed by atoms with Crippen LogP contribution < -0.4 is 10.1 Å². The molecule has 0 radical (unpaired) electrons. The number of nitrogens with one attached hydrogen (secondary N) is 1. The third-order valence-electron chi connectivity index (χ3n) is 2.71. The second-order valence-corrected chi connectivity index (χ2v) is 4.92. The van der Waals surface area contributed by atoms with Gasteiger partial charge in [0.2, 0.25) is 11.7 Å². The summed E-state index contributed by atoms with van der Waals surface area (Å²) in [6, 6.07) is 6.93. The Morgan fingerprint density at radius 2 is 2.19 bits per heavy atom. The molecule has 1 N–H and O–H groups in total. The van der Waals surface area contributed by atoms with E-state index in [0.717, 1.165) is 0 Å². The number of nitrogens with zero attached hydrogens (tertiary/aromatic N) is 2. The second-order valence-electron chi connectivity index (χ2n) is 4.07. The van der Waals surface area contributed by atoms with Gasteiger partial charge in [0, 0.05) is 23.2 Å². The van der Waals surface area contributed by atoms with Crippen molar-refractivity contribution in [1.29, 1.82) is 0 Å². The largest absolute Gasteiger partial charge is 0.481 e. The maximum atomic E-state index is 13.2. The van der Waals surface area contributed by atoms with E-state index in [4.69, 9.17) is 4.74 Å². The number of pyridine rings is 1. The van der Waals surface area contributed by atoms with Crippen molar-refractivity contribution >= 4 is 27.4 Å². The van der Waals surface area contributed by atoms with Gasteiger partial charge < -0.3 is 10.1 Å². The molecule has 0 aliphatic carbocycles. The van der Waals surface area contributed by atoms with E-state index >= 15 is 0 Å². The molecule has 8 heteroatoms. The van der Waals surface area contributed by atoms with E-state index < -0.39 is 4.92 Å². The molecule has 0 fully saturated rings. The summed E-state index contributed by atoms with van der Waals surface area (Å²) in [4.78, 5) is 14.4. The van der Waals surface area contributed by atoms with Crippen LogP contribution in [0.4, 0.5) is 15.9 Å². The van der Waals surface area contributed by atoms with Crippen molar-refractivity contribution in [2.45, 2.75) is 6.54 Å². The molecule has 0 aliphatic heterocycles. The predicted molar refractivity (Wildman–Crippen MR) is 78.9 cm³/mol. The van der Waals surface area contributed by atoms with Crippen LogP contribution in [0.1, 0.15) is 5.56 Å². The van der Waals surface area contributed by atoms with Gasteiger partial charge in [-0.15, -0.1) is 0 Å². The molecule has 1 aromatic carbocycles. The smallest absolute Gasteiger partial charge is 0.311 e. The lowest BCUT2D eigenvalue weighted by Crippen LogP contribution is -2.06. The van der Waals surface area contributed by atoms with Crippen LogP contribution in [-0.4, -0.2) is 17.0 Å². The maximum absolute atomic E-state index is 13.2. The Balaban J connectivity index is 2.26. The summed E-state index contributed by atoms with van der Waals surface area (Å²) in [5, 5.41) is 13.8. The number of anilines is 1. The predicted octanol–water partition coefficient (Wildman–Crippen LogP) is 3.51. The lowest BCUT2D eigenvalue weighted by atomic mass is 10.2. The van der Waals surface area contributed by atoms with Crippen LogP contribution in [0.25, 0.3) is 0 Å². The van der Waals surface area contributed by atoms with Gasteiger partial charge in [0.05, 0.1) is 12.0 Å². The van der Waals surface area contributed by atoms with Crippen molar-refractivity contribution in [1.82, 2.24) is 4.98 Å². The minimum atomic E-state index is -0.546. The quantitative estimate of drug-likeness (QED) is 0.655. The molecule has 21 heavy (non-hydrogen) atoms. The molecular weight excluding hydrogens is 345 g/mol. The number of methoxy groups -OCH3 is 1. The third-order valence-corrected chi connectivity index (χ3v) is 3.48. The molecule has 110 valence electrons. The number of halogens is 2. The van der Waals surface area contributed by atoms with Gasteiger partial charge in [0.1, 0.15) is 5.82 Å². The first-order valence-electron chi connectivity index (χ1n) is 5.88.